The molecule has 0 heterocycles. The maximum absolute atomic E-state index is 13.0. The van der Waals surface area contributed by atoms with Crippen molar-refractivity contribution in [2.75, 3.05) is 11.9 Å². The normalized spacial score (nSPS) is 20.2. The van der Waals surface area contributed by atoms with Gasteiger partial charge in [0, 0.05) is 17.8 Å². The summed E-state index contributed by atoms with van der Waals surface area (Å²) in [5, 5.41) is 2.93. The molecule has 2 aliphatic rings. The first-order chi connectivity index (χ1) is 11.7. The fraction of sp³-hybridized carbons (Fsp3) is 0.650. The van der Waals surface area contributed by atoms with Crippen molar-refractivity contribution in [2.45, 2.75) is 76.3 Å². The molecule has 0 saturated heterocycles. The maximum atomic E-state index is 13.0. The average Bonchev–Trinajstić information content (AvgIpc) is 2.63. The fourth-order valence-corrected chi connectivity index (χ4v) is 4.28. The van der Waals surface area contributed by atoms with Crippen LogP contribution in [0.1, 0.15) is 64.2 Å². The summed E-state index contributed by atoms with van der Waals surface area (Å²) in [4.78, 5) is 15.0. The summed E-state index contributed by atoms with van der Waals surface area (Å²) in [6.45, 7) is 0.465. The molecule has 24 heavy (non-hydrogen) atoms. The van der Waals surface area contributed by atoms with E-state index >= 15 is 0 Å². The highest BCUT2D eigenvalue weighted by atomic mass is 19.1. The highest BCUT2D eigenvalue weighted by Crippen LogP contribution is 2.30. The third-order valence-electron chi connectivity index (χ3n) is 5.54. The van der Waals surface area contributed by atoms with E-state index in [1.54, 1.807) is 12.1 Å². The van der Waals surface area contributed by atoms with Gasteiger partial charge in [-0.3, -0.25) is 9.69 Å². The molecule has 3 nitrogen and oxygen atoms in total. The smallest absolute Gasteiger partial charge is 0.238 e. The Labute approximate surface area is 144 Å². The largest absolute Gasteiger partial charge is 0.325 e. The van der Waals surface area contributed by atoms with Gasteiger partial charge in [0.2, 0.25) is 5.91 Å². The molecule has 0 radical (unpaired) electrons. The number of nitrogens with zero attached hydrogens (tertiary/aromatic N) is 1. The van der Waals surface area contributed by atoms with Gasteiger partial charge in [-0.25, -0.2) is 4.39 Å². The van der Waals surface area contributed by atoms with E-state index in [1.165, 1.54) is 76.3 Å². The minimum Gasteiger partial charge on any atom is -0.325 e. The zero-order valence-corrected chi connectivity index (χ0v) is 14.5. The molecule has 4 heteroatoms. The number of carbonyl (C=O) groups is 1. The molecule has 2 fully saturated rings. The maximum Gasteiger partial charge on any atom is 0.238 e. The Morgan fingerprint density at radius 3 is 1.92 bits per heavy atom. The highest BCUT2D eigenvalue weighted by molar-refractivity contribution is 5.92. The molecule has 2 saturated carbocycles. The summed E-state index contributed by atoms with van der Waals surface area (Å²) in [6.07, 6.45) is 12.7. The van der Waals surface area contributed by atoms with Gasteiger partial charge in [-0.15, -0.1) is 0 Å². The van der Waals surface area contributed by atoms with Crippen LogP contribution in [0.15, 0.2) is 24.3 Å². The van der Waals surface area contributed by atoms with Crippen molar-refractivity contribution in [3.05, 3.63) is 30.1 Å². The third-order valence-corrected chi connectivity index (χ3v) is 5.54. The summed E-state index contributed by atoms with van der Waals surface area (Å²) >= 11 is 0. The van der Waals surface area contributed by atoms with Gasteiger partial charge in [0.05, 0.1) is 6.54 Å². The molecule has 1 aromatic carbocycles. The van der Waals surface area contributed by atoms with Gasteiger partial charge < -0.3 is 5.32 Å². The van der Waals surface area contributed by atoms with Crippen molar-refractivity contribution in [1.82, 2.24) is 4.90 Å². The summed E-state index contributed by atoms with van der Waals surface area (Å²) in [5.41, 5.74) is 0.675. The van der Waals surface area contributed by atoms with Crippen LogP contribution >= 0.6 is 0 Å². The number of carbonyl (C=O) groups excluding carboxylic acids is 1. The van der Waals surface area contributed by atoms with Crippen LogP contribution in [0.4, 0.5) is 10.1 Å². The van der Waals surface area contributed by atoms with Gasteiger partial charge >= 0.3 is 0 Å². The van der Waals surface area contributed by atoms with E-state index in [-0.39, 0.29) is 11.7 Å². The lowest BCUT2D eigenvalue weighted by Crippen LogP contribution is -2.48. The monoisotopic (exact) mass is 332 g/mol. The Bertz CT molecular complexity index is 501. The predicted octanol–water partition coefficient (Wildman–Crippen LogP) is 4.73. The first-order valence-corrected chi connectivity index (χ1v) is 9.53. The standard InChI is InChI=1S/C20H29FN2O/c21-16-11-13-17(14-12-16)22-20(24)15-23(18-7-3-1-4-8-18)19-9-5-2-6-10-19/h11-14,18-19H,1-10,15H2,(H,22,24). The number of nitrogens with one attached hydrogen (secondary N) is 1. The number of benzene rings is 1. The molecule has 2 aliphatic carbocycles. The van der Waals surface area contributed by atoms with Crippen molar-refractivity contribution in [2.24, 2.45) is 0 Å². The van der Waals surface area contributed by atoms with E-state index in [1.807, 2.05) is 0 Å². The first-order valence-electron chi connectivity index (χ1n) is 9.53. The van der Waals surface area contributed by atoms with Gasteiger partial charge in [0.1, 0.15) is 5.82 Å². The minimum absolute atomic E-state index is 0.0257. The number of halogens is 1. The number of amides is 1. The quantitative estimate of drug-likeness (QED) is 0.845. The third kappa shape index (κ3) is 4.79. The van der Waals surface area contributed by atoms with Crippen molar-refractivity contribution in [3.8, 4) is 0 Å². The SMILES string of the molecule is O=C(CN(C1CCCCC1)C1CCCCC1)Nc1ccc(F)cc1. The van der Waals surface area contributed by atoms with Crippen molar-refractivity contribution >= 4 is 11.6 Å². The minimum atomic E-state index is -0.279. The molecule has 0 atom stereocenters. The molecule has 0 bridgehead atoms. The van der Waals surface area contributed by atoms with Gasteiger partial charge in [-0.1, -0.05) is 38.5 Å². The molecular formula is C20H29FN2O. The van der Waals surface area contributed by atoms with E-state index in [9.17, 15) is 9.18 Å². The van der Waals surface area contributed by atoms with Crippen LogP contribution in [0.2, 0.25) is 0 Å². The molecule has 1 amide bonds. The molecule has 0 spiro atoms. The van der Waals surface area contributed by atoms with Gasteiger partial charge in [-0.05, 0) is 49.9 Å². The lowest BCUT2D eigenvalue weighted by Gasteiger charge is -2.41. The van der Waals surface area contributed by atoms with Crippen molar-refractivity contribution in [3.63, 3.8) is 0 Å². The molecule has 3 rings (SSSR count). The van der Waals surface area contributed by atoms with Crippen LogP contribution in [-0.2, 0) is 4.79 Å². The van der Waals surface area contributed by atoms with Gasteiger partial charge in [-0.2, -0.15) is 0 Å². The van der Waals surface area contributed by atoms with Gasteiger partial charge in [0.15, 0.2) is 0 Å². The van der Waals surface area contributed by atoms with Crippen LogP contribution in [0.25, 0.3) is 0 Å². The average molecular weight is 332 g/mol. The van der Waals surface area contributed by atoms with Crippen LogP contribution < -0.4 is 5.32 Å². The van der Waals surface area contributed by atoms with Gasteiger partial charge in [0.25, 0.3) is 0 Å². The first kappa shape index (κ1) is 17.4. The lowest BCUT2D eigenvalue weighted by atomic mass is 9.88. The summed E-state index contributed by atoms with van der Waals surface area (Å²) in [6, 6.07) is 7.13. The molecule has 0 aromatic heterocycles. The number of hydrogen-bond donors (Lipinski definition) is 1. The van der Waals surface area contributed by atoms with Crippen molar-refractivity contribution in [1.29, 1.82) is 0 Å². The predicted molar refractivity (Wildman–Crippen MR) is 95.5 cm³/mol. The molecule has 1 N–H and O–H groups in total. The lowest BCUT2D eigenvalue weighted by molar-refractivity contribution is -0.119. The number of rotatable bonds is 5. The van der Waals surface area contributed by atoms with E-state index in [4.69, 9.17) is 0 Å². The molecule has 1 aromatic rings. The molecular weight excluding hydrogens is 303 g/mol. The van der Waals surface area contributed by atoms with E-state index in [2.05, 4.69) is 10.2 Å². The molecule has 132 valence electrons. The second-order valence-corrected chi connectivity index (χ2v) is 7.31. The summed E-state index contributed by atoms with van der Waals surface area (Å²) in [5.74, 6) is -0.253. The van der Waals surface area contributed by atoms with Crippen LogP contribution in [0.5, 0.6) is 0 Å². The Hall–Kier alpha value is -1.42. The van der Waals surface area contributed by atoms with E-state index < -0.39 is 0 Å². The Morgan fingerprint density at radius 2 is 1.42 bits per heavy atom. The Morgan fingerprint density at radius 1 is 0.917 bits per heavy atom. The number of hydrogen-bond acceptors (Lipinski definition) is 2. The second-order valence-electron chi connectivity index (χ2n) is 7.31. The zero-order chi connectivity index (χ0) is 16.8. The van der Waals surface area contributed by atoms with E-state index in [0.29, 0.717) is 24.3 Å². The fourth-order valence-electron chi connectivity index (χ4n) is 4.28. The molecule has 0 aliphatic heterocycles. The second kappa shape index (κ2) is 8.61. The van der Waals surface area contributed by atoms with Crippen LogP contribution in [0.3, 0.4) is 0 Å². The number of anilines is 1. The van der Waals surface area contributed by atoms with Crippen LogP contribution in [0, 0.1) is 5.82 Å². The Kier molecular flexibility index (Phi) is 6.24. The topological polar surface area (TPSA) is 32.3 Å². The Balaban J connectivity index is 1.63. The van der Waals surface area contributed by atoms with E-state index in [0.717, 1.165) is 0 Å². The zero-order valence-electron chi connectivity index (χ0n) is 14.5. The summed E-state index contributed by atoms with van der Waals surface area (Å²) in [7, 11) is 0. The van der Waals surface area contributed by atoms with Crippen LogP contribution in [-0.4, -0.2) is 29.4 Å². The molecule has 0 unspecified atom stereocenters. The van der Waals surface area contributed by atoms with Crippen molar-refractivity contribution < 1.29 is 9.18 Å². The highest BCUT2D eigenvalue weighted by Gasteiger charge is 2.30. The summed E-state index contributed by atoms with van der Waals surface area (Å²) < 4.78 is 13.0.